The molecule has 0 heterocycles. The number of alkyl halides is 1. The van der Waals surface area contributed by atoms with Crippen LogP contribution in [0, 0.1) is 5.92 Å². The summed E-state index contributed by atoms with van der Waals surface area (Å²) < 4.78 is 0. The van der Waals surface area contributed by atoms with Crippen LogP contribution in [-0.2, 0) is 4.79 Å². The highest BCUT2D eigenvalue weighted by atomic mass is 35.5. The van der Waals surface area contributed by atoms with Gasteiger partial charge in [0.15, 0.2) is 0 Å². The Hall–Kier alpha value is -0.0400. The molecule has 2 heteroatoms. The third-order valence-corrected chi connectivity index (χ3v) is 4.10. The SMILES string of the molecule is CCCCCCCCCCCCC(C=O)CCCCl. The fourth-order valence-corrected chi connectivity index (χ4v) is 2.67. The lowest BCUT2D eigenvalue weighted by molar-refractivity contribution is -0.111. The first-order valence-electron chi connectivity index (χ1n) is 8.36. The minimum absolute atomic E-state index is 0.257. The van der Waals surface area contributed by atoms with Crippen molar-refractivity contribution in [2.45, 2.75) is 90.4 Å². The molecule has 0 rings (SSSR count). The van der Waals surface area contributed by atoms with Crippen molar-refractivity contribution in [3.05, 3.63) is 0 Å². The van der Waals surface area contributed by atoms with E-state index in [0.717, 1.165) is 25.5 Å². The Morgan fingerprint density at radius 3 is 1.74 bits per heavy atom. The fourth-order valence-electron chi connectivity index (χ4n) is 2.51. The lowest BCUT2D eigenvalue weighted by Gasteiger charge is -2.08. The van der Waals surface area contributed by atoms with Crippen LogP contribution in [0.25, 0.3) is 0 Å². The molecule has 0 spiro atoms. The Bertz CT molecular complexity index is 182. The smallest absolute Gasteiger partial charge is 0.123 e. The van der Waals surface area contributed by atoms with E-state index in [9.17, 15) is 4.79 Å². The zero-order chi connectivity index (χ0) is 14.2. The summed E-state index contributed by atoms with van der Waals surface area (Å²) in [4.78, 5) is 10.9. The molecule has 0 aromatic heterocycles. The number of unbranched alkanes of at least 4 members (excludes halogenated alkanes) is 9. The predicted molar refractivity (Wildman–Crippen MR) is 86.0 cm³/mol. The van der Waals surface area contributed by atoms with Crippen LogP contribution >= 0.6 is 11.6 Å². The van der Waals surface area contributed by atoms with Gasteiger partial charge in [0.05, 0.1) is 0 Å². The molecular formula is C17H33ClO. The topological polar surface area (TPSA) is 17.1 Å². The van der Waals surface area contributed by atoms with Crippen molar-refractivity contribution >= 4 is 17.9 Å². The van der Waals surface area contributed by atoms with E-state index in [1.807, 2.05) is 0 Å². The van der Waals surface area contributed by atoms with Crippen LogP contribution < -0.4 is 0 Å². The van der Waals surface area contributed by atoms with Crippen molar-refractivity contribution in [2.75, 3.05) is 5.88 Å². The van der Waals surface area contributed by atoms with Crippen molar-refractivity contribution in [2.24, 2.45) is 5.92 Å². The molecule has 0 fully saturated rings. The Balaban J connectivity index is 3.18. The van der Waals surface area contributed by atoms with Gasteiger partial charge < -0.3 is 4.79 Å². The van der Waals surface area contributed by atoms with Crippen molar-refractivity contribution < 1.29 is 4.79 Å². The molecular weight excluding hydrogens is 256 g/mol. The maximum atomic E-state index is 10.9. The molecule has 1 atom stereocenters. The number of hydrogen-bond donors (Lipinski definition) is 0. The van der Waals surface area contributed by atoms with E-state index in [2.05, 4.69) is 6.92 Å². The zero-order valence-corrected chi connectivity index (χ0v) is 13.6. The molecule has 0 aromatic rings. The van der Waals surface area contributed by atoms with E-state index in [1.54, 1.807) is 0 Å². The summed E-state index contributed by atoms with van der Waals surface area (Å²) in [5.74, 6) is 0.940. The number of rotatable bonds is 15. The second-order valence-corrected chi connectivity index (χ2v) is 6.08. The molecule has 0 aromatic carbocycles. The summed E-state index contributed by atoms with van der Waals surface area (Å²) in [6, 6.07) is 0. The first-order chi connectivity index (χ1) is 9.35. The molecule has 0 aliphatic rings. The molecule has 0 saturated carbocycles. The van der Waals surface area contributed by atoms with Gasteiger partial charge in [-0.1, -0.05) is 71.1 Å². The quantitative estimate of drug-likeness (QED) is 0.201. The van der Waals surface area contributed by atoms with Crippen molar-refractivity contribution in [3.63, 3.8) is 0 Å². The number of carbonyl (C=O) groups is 1. The van der Waals surface area contributed by atoms with E-state index in [1.165, 1.54) is 64.2 Å². The third-order valence-electron chi connectivity index (χ3n) is 3.83. The number of aldehydes is 1. The Kier molecular flexibility index (Phi) is 16.0. The van der Waals surface area contributed by atoms with E-state index in [-0.39, 0.29) is 5.92 Å². The van der Waals surface area contributed by atoms with Gasteiger partial charge in [0.1, 0.15) is 6.29 Å². The van der Waals surface area contributed by atoms with Crippen LogP contribution in [0.1, 0.15) is 90.4 Å². The van der Waals surface area contributed by atoms with Gasteiger partial charge in [-0.05, 0) is 19.3 Å². The van der Waals surface area contributed by atoms with Gasteiger partial charge in [-0.15, -0.1) is 11.6 Å². The highest BCUT2D eigenvalue weighted by Gasteiger charge is 2.06. The average Bonchev–Trinajstić information content (AvgIpc) is 2.44. The average molecular weight is 289 g/mol. The fraction of sp³-hybridized carbons (Fsp3) is 0.941. The Morgan fingerprint density at radius 2 is 1.26 bits per heavy atom. The monoisotopic (exact) mass is 288 g/mol. The van der Waals surface area contributed by atoms with Gasteiger partial charge in [0.2, 0.25) is 0 Å². The molecule has 0 amide bonds. The lowest BCUT2D eigenvalue weighted by Crippen LogP contribution is -2.02. The Morgan fingerprint density at radius 1 is 0.789 bits per heavy atom. The molecule has 0 bridgehead atoms. The summed E-state index contributed by atoms with van der Waals surface area (Å²) >= 11 is 5.65. The Labute approximate surface area is 125 Å². The summed E-state index contributed by atoms with van der Waals surface area (Å²) in [7, 11) is 0. The van der Waals surface area contributed by atoms with Gasteiger partial charge in [-0.25, -0.2) is 0 Å². The molecule has 1 nitrogen and oxygen atoms in total. The number of carbonyl (C=O) groups excluding carboxylic acids is 1. The van der Waals surface area contributed by atoms with Crippen molar-refractivity contribution in [3.8, 4) is 0 Å². The van der Waals surface area contributed by atoms with Gasteiger partial charge in [0, 0.05) is 11.8 Å². The van der Waals surface area contributed by atoms with E-state index in [4.69, 9.17) is 11.6 Å². The molecule has 0 aliphatic carbocycles. The van der Waals surface area contributed by atoms with Crippen LogP contribution in [0.2, 0.25) is 0 Å². The maximum Gasteiger partial charge on any atom is 0.123 e. The molecule has 0 radical (unpaired) electrons. The van der Waals surface area contributed by atoms with Gasteiger partial charge >= 0.3 is 0 Å². The number of hydrogen-bond acceptors (Lipinski definition) is 1. The molecule has 0 aliphatic heterocycles. The highest BCUT2D eigenvalue weighted by Crippen LogP contribution is 2.16. The van der Waals surface area contributed by atoms with Gasteiger partial charge in [-0.3, -0.25) is 0 Å². The first-order valence-corrected chi connectivity index (χ1v) is 8.89. The van der Waals surface area contributed by atoms with Crippen molar-refractivity contribution in [1.29, 1.82) is 0 Å². The summed E-state index contributed by atoms with van der Waals surface area (Å²) in [6.45, 7) is 2.26. The molecule has 0 saturated heterocycles. The van der Waals surface area contributed by atoms with Crippen molar-refractivity contribution in [1.82, 2.24) is 0 Å². The molecule has 1 unspecified atom stereocenters. The van der Waals surface area contributed by atoms with Gasteiger partial charge in [-0.2, -0.15) is 0 Å². The second kappa shape index (κ2) is 16.0. The minimum Gasteiger partial charge on any atom is -0.303 e. The summed E-state index contributed by atoms with van der Waals surface area (Å²) in [5.41, 5.74) is 0. The van der Waals surface area contributed by atoms with Crippen LogP contribution in [0.5, 0.6) is 0 Å². The zero-order valence-electron chi connectivity index (χ0n) is 12.8. The second-order valence-electron chi connectivity index (χ2n) is 5.70. The first kappa shape index (κ1) is 19.0. The summed E-state index contributed by atoms with van der Waals surface area (Å²) in [6.07, 6.45) is 17.7. The van der Waals surface area contributed by atoms with Crippen LogP contribution in [0.4, 0.5) is 0 Å². The van der Waals surface area contributed by atoms with E-state index in [0.29, 0.717) is 5.88 Å². The maximum absolute atomic E-state index is 10.9. The van der Waals surface area contributed by atoms with E-state index >= 15 is 0 Å². The highest BCUT2D eigenvalue weighted by molar-refractivity contribution is 6.17. The van der Waals surface area contributed by atoms with E-state index < -0.39 is 0 Å². The summed E-state index contributed by atoms with van der Waals surface area (Å²) in [5, 5.41) is 0. The largest absolute Gasteiger partial charge is 0.303 e. The predicted octanol–water partition coefficient (Wildman–Crippen LogP) is 6.13. The molecule has 114 valence electrons. The van der Waals surface area contributed by atoms with Crippen LogP contribution in [0.3, 0.4) is 0 Å². The lowest BCUT2D eigenvalue weighted by atomic mass is 9.97. The van der Waals surface area contributed by atoms with Gasteiger partial charge in [0.25, 0.3) is 0 Å². The molecule has 19 heavy (non-hydrogen) atoms. The normalized spacial score (nSPS) is 12.5. The molecule has 0 N–H and O–H groups in total. The van der Waals surface area contributed by atoms with Crippen LogP contribution in [-0.4, -0.2) is 12.2 Å². The van der Waals surface area contributed by atoms with Crippen LogP contribution in [0.15, 0.2) is 0 Å². The minimum atomic E-state index is 0.257. The third kappa shape index (κ3) is 14.2. The standard InChI is InChI=1S/C17H33ClO/c1-2-3-4-5-6-7-8-9-10-11-13-17(16-19)14-12-15-18/h16-17H,2-15H2,1H3. The number of halogens is 1.